The molecule has 0 aliphatic carbocycles. The third kappa shape index (κ3) is 4.53. The maximum atomic E-state index is 13.0. The van der Waals surface area contributed by atoms with E-state index in [1.54, 1.807) is 24.4 Å². The molecule has 8 nitrogen and oxygen atoms in total. The van der Waals surface area contributed by atoms with Crippen LogP contribution in [0.1, 0.15) is 17.0 Å². The van der Waals surface area contributed by atoms with Crippen molar-refractivity contribution in [3.05, 3.63) is 59.8 Å². The molecule has 0 aliphatic heterocycles. The minimum atomic E-state index is -5.12. The number of aromatic nitrogens is 6. The van der Waals surface area contributed by atoms with Crippen LogP contribution in [-0.2, 0) is 17.1 Å². The van der Waals surface area contributed by atoms with Crippen LogP contribution in [0.15, 0.2) is 42.9 Å². The van der Waals surface area contributed by atoms with E-state index in [1.807, 2.05) is 0 Å². The molecule has 1 amide bonds. The zero-order valence-electron chi connectivity index (χ0n) is 16.1. The molecule has 0 unspecified atom stereocenters. The fourth-order valence-corrected chi connectivity index (χ4v) is 2.94. The summed E-state index contributed by atoms with van der Waals surface area (Å²) in [6.45, 7) is 0. The fourth-order valence-electron chi connectivity index (χ4n) is 2.94. The Balaban J connectivity index is 1.76. The minimum Gasteiger partial charge on any atom is -0.366 e. The fraction of sp³-hybridized carbons (Fsp3) is 0.105. The van der Waals surface area contributed by atoms with Crippen molar-refractivity contribution in [1.82, 2.24) is 29.9 Å². The lowest BCUT2D eigenvalue weighted by Crippen LogP contribution is -2.15. The highest BCUT2D eigenvalue weighted by Crippen LogP contribution is 2.35. The van der Waals surface area contributed by atoms with Gasteiger partial charge in [-0.15, -0.1) is 5.10 Å². The molecule has 0 bridgehead atoms. The summed E-state index contributed by atoms with van der Waals surface area (Å²) in [4.78, 5) is 18.4. The largest absolute Gasteiger partial charge is 0.433 e. The molecular formula is C19H11F6N7O. The van der Waals surface area contributed by atoms with Gasteiger partial charge >= 0.3 is 12.4 Å². The van der Waals surface area contributed by atoms with E-state index < -0.39 is 41.0 Å². The Hall–Kier alpha value is -4.23. The van der Waals surface area contributed by atoms with Crippen molar-refractivity contribution < 1.29 is 31.1 Å². The van der Waals surface area contributed by atoms with Crippen LogP contribution in [0.5, 0.6) is 0 Å². The molecule has 0 atom stereocenters. The third-order valence-electron chi connectivity index (χ3n) is 4.45. The number of hydrogen-bond donors (Lipinski definition) is 2. The van der Waals surface area contributed by atoms with Crippen LogP contribution in [0.3, 0.4) is 0 Å². The lowest BCUT2D eigenvalue weighted by Gasteiger charge is -2.11. The van der Waals surface area contributed by atoms with E-state index in [1.165, 1.54) is 0 Å². The molecule has 4 rings (SSSR count). The summed E-state index contributed by atoms with van der Waals surface area (Å²) in [5.41, 5.74) is 2.33. The first-order chi connectivity index (χ1) is 15.4. The van der Waals surface area contributed by atoms with Crippen LogP contribution in [0.4, 0.5) is 26.3 Å². The molecule has 14 heteroatoms. The van der Waals surface area contributed by atoms with Crippen LogP contribution < -0.4 is 5.73 Å². The van der Waals surface area contributed by atoms with Crippen molar-refractivity contribution in [2.45, 2.75) is 12.4 Å². The summed E-state index contributed by atoms with van der Waals surface area (Å²) >= 11 is 0. The molecule has 33 heavy (non-hydrogen) atoms. The number of halogens is 6. The third-order valence-corrected chi connectivity index (χ3v) is 4.45. The molecule has 0 saturated heterocycles. The van der Waals surface area contributed by atoms with E-state index in [4.69, 9.17) is 5.73 Å². The number of H-pyrrole nitrogens is 1. The number of pyridine rings is 1. The topological polar surface area (TPSA) is 115 Å². The zero-order chi connectivity index (χ0) is 24.0. The highest BCUT2D eigenvalue weighted by molar-refractivity contribution is 6.22. The van der Waals surface area contributed by atoms with E-state index in [2.05, 4.69) is 25.3 Å². The average Bonchev–Trinajstić information content (AvgIpc) is 3.39. The highest BCUT2D eigenvalue weighted by Gasteiger charge is 2.39. The first-order valence-corrected chi connectivity index (χ1v) is 8.95. The van der Waals surface area contributed by atoms with Gasteiger partial charge in [-0.25, -0.2) is 14.6 Å². The van der Waals surface area contributed by atoms with Crippen molar-refractivity contribution >= 4 is 28.6 Å². The number of carbonyl (C=O) groups is 1. The second-order valence-corrected chi connectivity index (χ2v) is 6.75. The Kier molecular flexibility index (Phi) is 5.14. The average molecular weight is 467 g/mol. The normalized spacial score (nSPS) is 13.0. The number of nitrogens with zero attached hydrogens (tertiary/aromatic N) is 5. The van der Waals surface area contributed by atoms with Crippen molar-refractivity contribution in [3.8, 4) is 11.4 Å². The number of primary amides is 1. The molecule has 3 heterocycles. The Morgan fingerprint density at radius 3 is 2.30 bits per heavy atom. The summed E-state index contributed by atoms with van der Waals surface area (Å²) in [6, 6.07) is 5.65. The number of carbonyl (C=O) groups excluding carboxylic acids is 1. The quantitative estimate of drug-likeness (QED) is 0.351. The summed E-state index contributed by atoms with van der Waals surface area (Å²) in [5.74, 6) is -1.30. The number of benzene rings is 1. The standard InChI is InChI=1S/C19H11F6N7O/c20-18(21,22)14-4-11(5-15(29-14)19(23,24)25)17-27-8-32(31-17)7-12(16(26)33)9-1-2-10-6-28-30-13(10)3-9/h1-8H,(H2,26,33)(H,28,30)/b12-7+. The predicted octanol–water partition coefficient (Wildman–Crippen LogP) is 3.74. The van der Waals surface area contributed by atoms with E-state index in [-0.39, 0.29) is 5.57 Å². The molecule has 4 aromatic rings. The highest BCUT2D eigenvalue weighted by atomic mass is 19.4. The van der Waals surface area contributed by atoms with E-state index in [9.17, 15) is 31.1 Å². The second-order valence-electron chi connectivity index (χ2n) is 6.75. The van der Waals surface area contributed by atoms with Gasteiger partial charge in [-0.3, -0.25) is 9.89 Å². The van der Waals surface area contributed by atoms with Gasteiger partial charge in [0.1, 0.15) is 17.7 Å². The van der Waals surface area contributed by atoms with Crippen molar-refractivity contribution in [1.29, 1.82) is 0 Å². The van der Waals surface area contributed by atoms with E-state index >= 15 is 0 Å². The van der Waals surface area contributed by atoms with Gasteiger partial charge in [-0.2, -0.15) is 31.4 Å². The summed E-state index contributed by atoms with van der Waals surface area (Å²) in [5, 5.41) is 11.2. The van der Waals surface area contributed by atoms with Crippen LogP contribution in [0.25, 0.3) is 34.1 Å². The Morgan fingerprint density at radius 1 is 1.03 bits per heavy atom. The first-order valence-electron chi connectivity index (χ1n) is 8.95. The van der Waals surface area contributed by atoms with Crippen LogP contribution >= 0.6 is 0 Å². The number of fused-ring (bicyclic) bond motifs is 1. The first kappa shape index (κ1) is 22.0. The lowest BCUT2D eigenvalue weighted by molar-refractivity contribution is -0.150. The molecule has 0 radical (unpaired) electrons. The summed E-state index contributed by atoms with van der Waals surface area (Å²) in [7, 11) is 0. The number of aromatic amines is 1. The van der Waals surface area contributed by atoms with Crippen LogP contribution in [0, 0.1) is 0 Å². The molecule has 1 aromatic carbocycles. The zero-order valence-corrected chi connectivity index (χ0v) is 16.1. The van der Waals surface area contributed by atoms with Crippen molar-refractivity contribution in [3.63, 3.8) is 0 Å². The van der Waals surface area contributed by atoms with Crippen molar-refractivity contribution in [2.75, 3.05) is 0 Å². The van der Waals surface area contributed by atoms with Gasteiger partial charge in [0.05, 0.1) is 17.3 Å². The lowest BCUT2D eigenvalue weighted by atomic mass is 10.1. The van der Waals surface area contributed by atoms with E-state index in [0.717, 1.165) is 22.6 Å². The summed E-state index contributed by atoms with van der Waals surface area (Å²) < 4.78 is 79.2. The van der Waals surface area contributed by atoms with Gasteiger partial charge in [-0.1, -0.05) is 12.1 Å². The summed E-state index contributed by atoms with van der Waals surface area (Å²) in [6.07, 6.45) is -6.53. The molecule has 3 N–H and O–H groups in total. The Labute approximate surface area is 179 Å². The van der Waals surface area contributed by atoms with Gasteiger partial charge in [0, 0.05) is 17.1 Å². The number of nitrogens with one attached hydrogen (secondary N) is 1. The van der Waals surface area contributed by atoms with Gasteiger partial charge in [0.2, 0.25) is 0 Å². The number of alkyl halides is 6. The molecule has 170 valence electrons. The maximum absolute atomic E-state index is 13.0. The van der Waals surface area contributed by atoms with Gasteiger partial charge < -0.3 is 5.73 Å². The van der Waals surface area contributed by atoms with Crippen molar-refractivity contribution in [2.24, 2.45) is 5.73 Å². The minimum absolute atomic E-state index is 0.0374. The second kappa shape index (κ2) is 7.72. The molecular weight excluding hydrogens is 456 g/mol. The molecule has 0 fully saturated rings. The van der Waals surface area contributed by atoms with Crippen LogP contribution in [-0.4, -0.2) is 35.9 Å². The van der Waals surface area contributed by atoms with Gasteiger partial charge in [-0.05, 0) is 23.8 Å². The number of hydrogen-bond acceptors (Lipinski definition) is 5. The van der Waals surface area contributed by atoms with Gasteiger partial charge in [0.15, 0.2) is 5.82 Å². The monoisotopic (exact) mass is 467 g/mol. The predicted molar refractivity (Wildman–Crippen MR) is 103 cm³/mol. The number of nitrogens with two attached hydrogens (primary N) is 1. The van der Waals surface area contributed by atoms with Gasteiger partial charge in [0.25, 0.3) is 5.91 Å². The van der Waals surface area contributed by atoms with E-state index in [0.29, 0.717) is 23.2 Å². The van der Waals surface area contributed by atoms with Crippen LogP contribution in [0.2, 0.25) is 0 Å². The molecule has 0 aliphatic rings. The number of rotatable bonds is 4. The number of amides is 1. The molecule has 0 spiro atoms. The molecule has 3 aromatic heterocycles. The smallest absolute Gasteiger partial charge is 0.366 e. The molecule has 0 saturated carbocycles. The Morgan fingerprint density at radius 2 is 1.70 bits per heavy atom. The SMILES string of the molecule is NC(=O)/C(=C/n1cnc(-c2cc(C(F)(F)F)nc(C(F)(F)F)c2)n1)c1ccc2cn[nH]c2c1. The Bertz CT molecular complexity index is 1350. The maximum Gasteiger partial charge on any atom is 0.433 e.